The first-order valence-corrected chi connectivity index (χ1v) is 9.41. The van der Waals surface area contributed by atoms with Gasteiger partial charge < -0.3 is 10.6 Å². The van der Waals surface area contributed by atoms with Gasteiger partial charge in [0.05, 0.1) is 10.6 Å². The van der Waals surface area contributed by atoms with Crippen LogP contribution in [0.5, 0.6) is 0 Å². The molecule has 0 atom stereocenters. The van der Waals surface area contributed by atoms with Crippen LogP contribution in [0.3, 0.4) is 0 Å². The number of rotatable bonds is 5. The number of anilines is 2. The maximum absolute atomic E-state index is 13.0. The molecular weight excluding hydrogens is 368 g/mol. The molecule has 10 heteroatoms. The Bertz CT molecular complexity index is 1100. The number of aryl methyl sites for hydroxylation is 2. The summed E-state index contributed by atoms with van der Waals surface area (Å²) in [4.78, 5) is 42.1. The SMILES string of the molecule is CCCCn1c(N)c(N(C)C(=O)c2cc3c(C)nn(C)c3s2)c(=O)[nH]c1=O. The molecule has 3 aromatic heterocycles. The molecule has 3 N–H and O–H groups in total. The molecule has 0 spiro atoms. The number of aromatic nitrogens is 4. The highest BCUT2D eigenvalue weighted by atomic mass is 32.1. The normalized spacial score (nSPS) is 11.3. The molecule has 0 unspecified atom stereocenters. The summed E-state index contributed by atoms with van der Waals surface area (Å²) < 4.78 is 3.02. The summed E-state index contributed by atoms with van der Waals surface area (Å²) >= 11 is 1.30. The Balaban J connectivity index is 2.04. The number of nitrogens with zero attached hydrogens (tertiary/aromatic N) is 4. The zero-order valence-corrected chi connectivity index (χ0v) is 16.5. The van der Waals surface area contributed by atoms with Crippen molar-refractivity contribution < 1.29 is 4.79 Å². The van der Waals surface area contributed by atoms with Gasteiger partial charge in [-0.1, -0.05) is 13.3 Å². The summed E-state index contributed by atoms with van der Waals surface area (Å²) in [6, 6.07) is 1.76. The number of nitrogen functional groups attached to an aromatic ring is 1. The van der Waals surface area contributed by atoms with Crippen LogP contribution in [0.4, 0.5) is 11.5 Å². The molecule has 0 aliphatic heterocycles. The van der Waals surface area contributed by atoms with Gasteiger partial charge in [0.15, 0.2) is 5.69 Å². The molecule has 0 saturated heterocycles. The number of fused-ring (bicyclic) bond motifs is 1. The Morgan fingerprint density at radius 3 is 2.74 bits per heavy atom. The van der Waals surface area contributed by atoms with Gasteiger partial charge >= 0.3 is 5.69 Å². The van der Waals surface area contributed by atoms with E-state index in [4.69, 9.17) is 5.73 Å². The first-order chi connectivity index (χ1) is 12.8. The predicted octanol–water partition coefficient (Wildman–Crippen LogP) is 1.45. The molecule has 0 bridgehead atoms. The zero-order valence-electron chi connectivity index (χ0n) is 15.7. The first-order valence-electron chi connectivity index (χ1n) is 8.60. The molecule has 3 heterocycles. The van der Waals surface area contributed by atoms with Gasteiger partial charge in [-0.2, -0.15) is 5.10 Å². The second-order valence-corrected chi connectivity index (χ2v) is 7.43. The van der Waals surface area contributed by atoms with E-state index in [1.54, 1.807) is 10.7 Å². The van der Waals surface area contributed by atoms with Gasteiger partial charge in [0.1, 0.15) is 10.6 Å². The summed E-state index contributed by atoms with van der Waals surface area (Å²) in [5.74, 6) is -0.375. The van der Waals surface area contributed by atoms with Gasteiger partial charge in [-0.25, -0.2) is 4.79 Å². The fourth-order valence-electron chi connectivity index (χ4n) is 3.02. The Morgan fingerprint density at radius 2 is 2.11 bits per heavy atom. The van der Waals surface area contributed by atoms with Gasteiger partial charge in [-0.15, -0.1) is 11.3 Å². The lowest BCUT2D eigenvalue weighted by atomic mass is 10.3. The number of unbranched alkanes of at least 4 members (excludes halogenated alkanes) is 1. The van der Waals surface area contributed by atoms with Crippen LogP contribution in [0, 0.1) is 6.92 Å². The Hall–Kier alpha value is -2.88. The van der Waals surface area contributed by atoms with Crippen LogP contribution < -0.4 is 21.9 Å². The molecule has 1 amide bonds. The average molecular weight is 390 g/mol. The number of thiophene rings is 1. The molecule has 9 nitrogen and oxygen atoms in total. The minimum absolute atomic E-state index is 0.00740. The van der Waals surface area contributed by atoms with E-state index in [1.807, 2.05) is 20.9 Å². The predicted molar refractivity (Wildman–Crippen MR) is 107 cm³/mol. The van der Waals surface area contributed by atoms with Crippen LogP contribution >= 0.6 is 11.3 Å². The van der Waals surface area contributed by atoms with Crippen LogP contribution in [-0.2, 0) is 13.6 Å². The van der Waals surface area contributed by atoms with E-state index in [0.29, 0.717) is 11.4 Å². The standard InChI is InChI=1S/C17H22N6O3S/c1-5-6-7-23-13(18)12(14(24)19-17(23)26)21(3)15(25)11-8-10-9(2)20-22(4)16(10)27-11/h8H,5-7,18H2,1-4H3,(H,19,24,26). The third-order valence-electron chi connectivity index (χ3n) is 4.50. The fourth-order valence-corrected chi connectivity index (χ4v) is 4.12. The first kappa shape index (κ1) is 18.9. The number of aromatic amines is 1. The minimum atomic E-state index is -0.681. The number of nitrogens with two attached hydrogens (primary N) is 1. The lowest BCUT2D eigenvalue weighted by molar-refractivity contribution is 0.0996. The number of carbonyl (C=O) groups excluding carboxylic acids is 1. The largest absolute Gasteiger partial charge is 0.383 e. The summed E-state index contributed by atoms with van der Waals surface area (Å²) in [6.07, 6.45) is 1.60. The van der Waals surface area contributed by atoms with E-state index < -0.39 is 11.2 Å². The van der Waals surface area contributed by atoms with E-state index in [9.17, 15) is 14.4 Å². The highest BCUT2D eigenvalue weighted by Crippen LogP contribution is 2.29. The molecule has 3 rings (SSSR count). The van der Waals surface area contributed by atoms with E-state index in [2.05, 4.69) is 10.1 Å². The van der Waals surface area contributed by atoms with Crippen LogP contribution in [0.25, 0.3) is 10.2 Å². The van der Waals surface area contributed by atoms with Crippen molar-refractivity contribution in [1.29, 1.82) is 0 Å². The molecule has 0 aromatic carbocycles. The number of carbonyl (C=O) groups is 1. The summed E-state index contributed by atoms with van der Waals surface area (Å²) in [7, 11) is 3.30. The summed E-state index contributed by atoms with van der Waals surface area (Å²) in [5.41, 5.74) is 5.64. The second kappa shape index (κ2) is 7.03. The molecule has 0 aliphatic carbocycles. The number of nitrogens with one attached hydrogen (secondary N) is 1. The van der Waals surface area contributed by atoms with E-state index in [-0.39, 0.29) is 17.4 Å². The Kier molecular flexibility index (Phi) is 4.92. The lowest BCUT2D eigenvalue weighted by Crippen LogP contribution is -2.39. The van der Waals surface area contributed by atoms with Crippen LogP contribution in [0.15, 0.2) is 15.7 Å². The zero-order chi connectivity index (χ0) is 19.9. The monoisotopic (exact) mass is 390 g/mol. The third-order valence-corrected chi connectivity index (χ3v) is 5.69. The van der Waals surface area contributed by atoms with Gasteiger partial charge in [0.25, 0.3) is 11.5 Å². The number of amides is 1. The second-order valence-electron chi connectivity index (χ2n) is 6.40. The average Bonchev–Trinajstić information content (AvgIpc) is 3.15. The van der Waals surface area contributed by atoms with Crippen molar-refractivity contribution in [2.45, 2.75) is 33.2 Å². The fraction of sp³-hybridized carbons (Fsp3) is 0.412. The van der Waals surface area contributed by atoms with Crippen molar-refractivity contribution in [2.24, 2.45) is 7.05 Å². The van der Waals surface area contributed by atoms with Crippen LogP contribution in [-0.4, -0.2) is 32.3 Å². The van der Waals surface area contributed by atoms with E-state index in [1.165, 1.54) is 27.9 Å². The number of hydrogen-bond donors (Lipinski definition) is 2. The van der Waals surface area contributed by atoms with Crippen molar-refractivity contribution in [2.75, 3.05) is 17.7 Å². The number of H-pyrrole nitrogens is 1. The van der Waals surface area contributed by atoms with Crippen LogP contribution in [0.2, 0.25) is 0 Å². The van der Waals surface area contributed by atoms with Crippen molar-refractivity contribution in [3.63, 3.8) is 0 Å². The van der Waals surface area contributed by atoms with Crippen molar-refractivity contribution in [3.8, 4) is 0 Å². The molecule has 0 radical (unpaired) electrons. The molecule has 0 aliphatic rings. The number of hydrogen-bond acceptors (Lipinski definition) is 6. The molecule has 3 aromatic rings. The van der Waals surface area contributed by atoms with E-state index >= 15 is 0 Å². The van der Waals surface area contributed by atoms with Gasteiger partial charge in [-0.3, -0.25) is 23.8 Å². The van der Waals surface area contributed by atoms with Crippen LogP contribution in [0.1, 0.15) is 35.1 Å². The molecule has 27 heavy (non-hydrogen) atoms. The van der Waals surface area contributed by atoms with Crippen molar-refractivity contribution in [1.82, 2.24) is 19.3 Å². The third kappa shape index (κ3) is 3.16. The highest BCUT2D eigenvalue weighted by Gasteiger charge is 2.24. The van der Waals surface area contributed by atoms with Crippen molar-refractivity contribution in [3.05, 3.63) is 37.5 Å². The maximum atomic E-state index is 13.0. The quantitative estimate of drug-likeness (QED) is 0.683. The topological polar surface area (TPSA) is 119 Å². The lowest BCUT2D eigenvalue weighted by Gasteiger charge is -2.19. The minimum Gasteiger partial charge on any atom is -0.383 e. The van der Waals surface area contributed by atoms with Gasteiger partial charge in [-0.05, 0) is 19.4 Å². The van der Waals surface area contributed by atoms with Gasteiger partial charge in [0, 0.05) is 26.0 Å². The molecule has 0 saturated carbocycles. The highest BCUT2D eigenvalue weighted by molar-refractivity contribution is 7.20. The Labute approximate surface area is 159 Å². The molecule has 0 fully saturated rings. The van der Waals surface area contributed by atoms with Crippen molar-refractivity contribution >= 4 is 39.0 Å². The molecular formula is C17H22N6O3S. The van der Waals surface area contributed by atoms with E-state index in [0.717, 1.165) is 28.8 Å². The summed E-state index contributed by atoms with van der Waals surface area (Å²) in [5, 5.41) is 5.22. The molecule has 144 valence electrons. The smallest absolute Gasteiger partial charge is 0.330 e. The summed E-state index contributed by atoms with van der Waals surface area (Å²) in [6.45, 7) is 4.24. The Morgan fingerprint density at radius 1 is 1.41 bits per heavy atom. The maximum Gasteiger partial charge on any atom is 0.330 e. The van der Waals surface area contributed by atoms with Gasteiger partial charge in [0.2, 0.25) is 0 Å².